The quantitative estimate of drug-likeness (QED) is 0.525. The molecule has 1 saturated carbocycles. The van der Waals surface area contributed by atoms with Gasteiger partial charge in [-0.2, -0.15) is 12.6 Å². The van der Waals surface area contributed by atoms with Crippen LogP contribution in [0.1, 0.15) is 19.3 Å². The second kappa shape index (κ2) is 4.64. The molecule has 9 heteroatoms. The fourth-order valence-electron chi connectivity index (χ4n) is 1.36. The number of hydrogen-bond donors (Lipinski definition) is 2. The highest BCUT2D eigenvalue weighted by atomic mass is 32.3. The Morgan fingerprint density at radius 3 is 2.36 bits per heavy atom. The van der Waals surface area contributed by atoms with Gasteiger partial charge < -0.3 is 0 Å². The van der Waals surface area contributed by atoms with Crippen LogP contribution >= 0.6 is 0 Å². The molecule has 1 fully saturated rings. The lowest BCUT2D eigenvalue weighted by molar-refractivity contribution is 0.159. The minimum atomic E-state index is -4.45. The van der Waals surface area contributed by atoms with Gasteiger partial charge in [-0.3, -0.25) is 13.3 Å². The van der Waals surface area contributed by atoms with Gasteiger partial charge in [-0.25, -0.2) is 4.18 Å². The molecule has 1 aliphatic rings. The first-order valence-electron chi connectivity index (χ1n) is 3.80. The Morgan fingerprint density at radius 1 is 1.29 bits per heavy atom. The minimum absolute atomic E-state index is 0.173. The molecule has 3 unspecified atom stereocenters. The summed E-state index contributed by atoms with van der Waals surface area (Å²) in [5.74, 6) is 0. The summed E-state index contributed by atoms with van der Waals surface area (Å²) >= 11 is -2.36. The average Bonchev–Trinajstić information content (AvgIpc) is 2.30. The third kappa shape index (κ3) is 4.44. The lowest BCUT2D eigenvalue weighted by atomic mass is 10.3. The van der Waals surface area contributed by atoms with Crippen molar-refractivity contribution in [1.29, 1.82) is 0 Å². The highest BCUT2D eigenvalue weighted by Crippen LogP contribution is 2.25. The van der Waals surface area contributed by atoms with Crippen molar-refractivity contribution in [3.8, 4) is 0 Å². The molecular weight excluding hydrogens is 236 g/mol. The van der Waals surface area contributed by atoms with Crippen LogP contribution in [-0.4, -0.2) is 33.9 Å². The van der Waals surface area contributed by atoms with Crippen LogP contribution in [0.4, 0.5) is 0 Å². The zero-order valence-corrected chi connectivity index (χ0v) is 8.66. The Hall–Kier alpha value is -0.0600. The fraction of sp³-hybridized carbons (Fsp3) is 1.00. The topological polar surface area (TPSA) is 110 Å². The van der Waals surface area contributed by atoms with Gasteiger partial charge in [-0.15, -0.1) is 0 Å². The van der Waals surface area contributed by atoms with E-state index in [9.17, 15) is 12.6 Å². The maximum Gasteiger partial charge on any atom is 0.397 e. The van der Waals surface area contributed by atoms with E-state index in [2.05, 4.69) is 8.37 Å². The van der Waals surface area contributed by atoms with Crippen LogP contribution in [0.5, 0.6) is 0 Å². The zero-order valence-electron chi connectivity index (χ0n) is 7.03. The molecule has 0 aromatic heterocycles. The van der Waals surface area contributed by atoms with Gasteiger partial charge in [0.25, 0.3) is 0 Å². The van der Waals surface area contributed by atoms with Crippen molar-refractivity contribution in [2.45, 2.75) is 31.5 Å². The number of hydrogen-bond acceptors (Lipinski definition) is 5. The molecule has 0 saturated heterocycles. The second-order valence-corrected chi connectivity index (χ2v) is 4.57. The first-order valence-corrected chi connectivity index (χ1v) is 6.20. The molecule has 1 aliphatic carbocycles. The van der Waals surface area contributed by atoms with E-state index in [1.54, 1.807) is 0 Å². The molecule has 0 aromatic rings. The van der Waals surface area contributed by atoms with Gasteiger partial charge in [-0.05, 0) is 12.8 Å². The van der Waals surface area contributed by atoms with Crippen molar-refractivity contribution in [3.63, 3.8) is 0 Å². The first kappa shape index (κ1) is 12.0. The Morgan fingerprint density at radius 2 is 1.86 bits per heavy atom. The molecule has 0 aliphatic heterocycles. The van der Waals surface area contributed by atoms with Gasteiger partial charge in [-0.1, -0.05) is 0 Å². The molecule has 0 aromatic carbocycles. The van der Waals surface area contributed by atoms with E-state index >= 15 is 0 Å². The van der Waals surface area contributed by atoms with Crippen molar-refractivity contribution in [3.05, 3.63) is 0 Å². The van der Waals surface area contributed by atoms with Crippen molar-refractivity contribution >= 4 is 21.8 Å². The van der Waals surface area contributed by atoms with Gasteiger partial charge in [0, 0.05) is 6.42 Å². The van der Waals surface area contributed by atoms with Crippen LogP contribution in [0.15, 0.2) is 0 Å². The predicted molar refractivity (Wildman–Crippen MR) is 45.9 cm³/mol. The Bertz CT molecular complexity index is 310. The van der Waals surface area contributed by atoms with Crippen LogP contribution in [0.2, 0.25) is 0 Å². The van der Waals surface area contributed by atoms with E-state index in [0.29, 0.717) is 12.8 Å². The van der Waals surface area contributed by atoms with E-state index < -0.39 is 34.0 Å². The SMILES string of the molecule is O=S(O)OC1CCC(OS(=O)(=O)O)C1. The van der Waals surface area contributed by atoms with E-state index in [1.165, 1.54) is 0 Å². The maximum absolute atomic E-state index is 10.3. The van der Waals surface area contributed by atoms with E-state index in [1.807, 2.05) is 0 Å². The van der Waals surface area contributed by atoms with Gasteiger partial charge in [0.05, 0.1) is 12.2 Å². The molecular formula is C5H10O7S2. The summed E-state index contributed by atoms with van der Waals surface area (Å²) in [4.78, 5) is 0. The zero-order chi connectivity index (χ0) is 10.8. The van der Waals surface area contributed by atoms with Crippen molar-refractivity contribution in [2.24, 2.45) is 0 Å². The van der Waals surface area contributed by atoms with Gasteiger partial charge in [0.15, 0.2) is 0 Å². The maximum atomic E-state index is 10.3. The summed E-state index contributed by atoms with van der Waals surface area (Å²) in [6, 6.07) is 0. The molecule has 0 heterocycles. The summed E-state index contributed by atoms with van der Waals surface area (Å²) in [5, 5.41) is 0. The molecule has 84 valence electrons. The molecule has 3 atom stereocenters. The molecule has 1 rings (SSSR count). The van der Waals surface area contributed by atoms with Crippen LogP contribution in [0.25, 0.3) is 0 Å². The van der Waals surface area contributed by atoms with E-state index in [-0.39, 0.29) is 6.42 Å². The molecule has 14 heavy (non-hydrogen) atoms. The minimum Gasteiger partial charge on any atom is -0.284 e. The first-order chi connectivity index (χ1) is 6.37. The summed E-state index contributed by atoms with van der Waals surface area (Å²) in [6.07, 6.45) is -0.230. The molecule has 0 spiro atoms. The van der Waals surface area contributed by atoms with Crippen molar-refractivity contribution < 1.29 is 30.1 Å². The Labute approximate surface area is 83.8 Å². The van der Waals surface area contributed by atoms with Gasteiger partial charge in [0.1, 0.15) is 0 Å². The summed E-state index contributed by atoms with van der Waals surface area (Å²) in [5.41, 5.74) is 0. The van der Waals surface area contributed by atoms with Crippen molar-refractivity contribution in [2.75, 3.05) is 0 Å². The van der Waals surface area contributed by atoms with Gasteiger partial charge in [0.2, 0.25) is 0 Å². The monoisotopic (exact) mass is 246 g/mol. The highest BCUT2D eigenvalue weighted by Gasteiger charge is 2.30. The smallest absolute Gasteiger partial charge is 0.284 e. The van der Waals surface area contributed by atoms with E-state index in [4.69, 9.17) is 9.11 Å². The Kier molecular flexibility index (Phi) is 3.98. The van der Waals surface area contributed by atoms with Crippen LogP contribution in [0, 0.1) is 0 Å². The molecule has 2 N–H and O–H groups in total. The Balaban J connectivity index is 2.38. The summed E-state index contributed by atoms with van der Waals surface area (Å²) in [7, 11) is -4.45. The molecule has 0 radical (unpaired) electrons. The lowest BCUT2D eigenvalue weighted by Gasteiger charge is -2.08. The van der Waals surface area contributed by atoms with Gasteiger partial charge >= 0.3 is 21.8 Å². The third-order valence-corrected chi connectivity index (χ3v) is 2.76. The second-order valence-electron chi connectivity index (χ2n) is 2.89. The van der Waals surface area contributed by atoms with Crippen LogP contribution in [0.3, 0.4) is 0 Å². The lowest BCUT2D eigenvalue weighted by Crippen LogP contribution is -2.17. The third-order valence-electron chi connectivity index (χ3n) is 1.81. The molecule has 0 bridgehead atoms. The molecule has 7 nitrogen and oxygen atoms in total. The standard InChI is InChI=1S/C5H10O7S2/c6-13(7)11-4-1-2-5(3-4)12-14(8,9)10/h4-5H,1-3H2,(H,6,7)(H,8,9,10). The van der Waals surface area contributed by atoms with Crippen molar-refractivity contribution in [1.82, 2.24) is 0 Å². The largest absolute Gasteiger partial charge is 0.397 e. The highest BCUT2D eigenvalue weighted by molar-refractivity contribution is 7.80. The number of rotatable bonds is 4. The normalized spacial score (nSPS) is 30.4. The summed E-state index contributed by atoms with van der Waals surface area (Å²) in [6.45, 7) is 0. The van der Waals surface area contributed by atoms with Crippen LogP contribution in [-0.2, 0) is 30.1 Å². The van der Waals surface area contributed by atoms with Crippen LogP contribution < -0.4 is 0 Å². The average molecular weight is 246 g/mol. The summed E-state index contributed by atoms with van der Waals surface area (Å²) < 4.78 is 56.4. The predicted octanol–water partition coefficient (Wildman–Crippen LogP) is -0.120. The molecule has 0 amide bonds. The fourth-order valence-corrected chi connectivity index (χ4v) is 2.29. The van der Waals surface area contributed by atoms with E-state index in [0.717, 1.165) is 0 Å².